The molecule has 1 heterocycles. The average Bonchev–Trinajstić information content (AvgIpc) is 2.36. The Morgan fingerprint density at radius 2 is 1.69 bits per heavy atom. The molecule has 1 aliphatic heterocycles. The van der Waals surface area contributed by atoms with E-state index in [1.807, 2.05) is 0 Å². The van der Waals surface area contributed by atoms with Gasteiger partial charge in [-0.2, -0.15) is 0 Å². The zero-order valence-corrected chi connectivity index (χ0v) is 8.60. The highest BCUT2D eigenvalue weighted by atomic mass is 16.5. The van der Waals surface area contributed by atoms with Crippen LogP contribution in [0.1, 0.15) is 41.0 Å². The Balaban J connectivity index is 0.00000144. The first-order chi connectivity index (χ1) is 5.58. The molecular weight excluding hydrogens is 162 g/mol. The van der Waals surface area contributed by atoms with Crippen LogP contribution in [0.25, 0.3) is 0 Å². The summed E-state index contributed by atoms with van der Waals surface area (Å²) in [7, 11) is 0. The summed E-state index contributed by atoms with van der Waals surface area (Å²) in [6.07, 6.45) is 2.74. The molecule has 0 unspecified atom stereocenters. The van der Waals surface area contributed by atoms with E-state index in [0.717, 1.165) is 13.2 Å². The van der Waals surface area contributed by atoms with Gasteiger partial charge in [-0.15, -0.1) is 0 Å². The van der Waals surface area contributed by atoms with E-state index in [1.165, 1.54) is 25.9 Å². The van der Waals surface area contributed by atoms with Gasteiger partial charge >= 0.3 is 0 Å². The van der Waals surface area contributed by atoms with E-state index in [4.69, 9.17) is 4.74 Å². The molecule has 1 aliphatic rings. The lowest BCUT2D eigenvalue weighted by Crippen LogP contribution is -2.28. The molecule has 0 aliphatic carbocycles. The third-order valence-corrected chi connectivity index (χ3v) is 2.14. The summed E-state index contributed by atoms with van der Waals surface area (Å²) >= 11 is 0. The van der Waals surface area contributed by atoms with Crippen LogP contribution in [0.15, 0.2) is 0 Å². The van der Waals surface area contributed by atoms with E-state index in [-0.39, 0.29) is 13.0 Å². The molecule has 0 amide bonds. The highest BCUT2D eigenvalue weighted by Crippen LogP contribution is 2.09. The lowest BCUT2D eigenvalue weighted by molar-refractivity contribution is -0.0109. The van der Waals surface area contributed by atoms with Gasteiger partial charge in [0.25, 0.3) is 0 Å². The monoisotopic (exact) mass is 187 g/mol. The Morgan fingerprint density at radius 1 is 1.15 bits per heavy atom. The molecule has 0 radical (unpaired) electrons. The fraction of sp³-hybridized carbons (Fsp3) is 1.00. The first-order valence-corrected chi connectivity index (χ1v) is 4.94. The Labute approximate surface area is 83.3 Å². The van der Waals surface area contributed by atoms with E-state index >= 15 is 0 Å². The minimum absolute atomic E-state index is 0. The van der Waals surface area contributed by atoms with Crippen molar-refractivity contribution in [2.24, 2.45) is 0 Å². The number of rotatable bonds is 3. The fourth-order valence-corrected chi connectivity index (χ4v) is 1.49. The van der Waals surface area contributed by atoms with E-state index < -0.39 is 0 Å². The lowest BCUT2D eigenvalue weighted by Gasteiger charge is -2.22. The van der Waals surface area contributed by atoms with Gasteiger partial charge in [-0.3, -0.25) is 0 Å². The molecule has 0 N–H and O–H groups in total. The SMILES string of the molecule is C.CC(C)(C)OCCN1CCCC1. The molecule has 0 aromatic heterocycles. The van der Waals surface area contributed by atoms with Crippen molar-refractivity contribution < 1.29 is 4.74 Å². The lowest BCUT2D eigenvalue weighted by atomic mass is 10.2. The molecule has 2 nitrogen and oxygen atoms in total. The summed E-state index contributed by atoms with van der Waals surface area (Å²) in [5.41, 5.74) is 0.0275. The van der Waals surface area contributed by atoms with Crippen LogP contribution in [0.2, 0.25) is 0 Å². The van der Waals surface area contributed by atoms with Crippen LogP contribution in [0.5, 0.6) is 0 Å². The molecule has 0 atom stereocenters. The molecule has 1 saturated heterocycles. The minimum Gasteiger partial charge on any atom is -0.375 e. The van der Waals surface area contributed by atoms with Crippen molar-refractivity contribution in [1.82, 2.24) is 4.90 Å². The standard InChI is InChI=1S/C10H21NO.CH4/c1-10(2,3)12-9-8-11-6-4-5-7-11;/h4-9H2,1-3H3;1H4. The predicted molar refractivity (Wildman–Crippen MR) is 58.1 cm³/mol. The maximum Gasteiger partial charge on any atom is 0.0600 e. The highest BCUT2D eigenvalue weighted by molar-refractivity contribution is 4.66. The van der Waals surface area contributed by atoms with Crippen molar-refractivity contribution in [3.63, 3.8) is 0 Å². The van der Waals surface area contributed by atoms with Crippen molar-refractivity contribution in [3.8, 4) is 0 Å². The van der Waals surface area contributed by atoms with E-state index in [1.54, 1.807) is 0 Å². The molecule has 0 spiro atoms. The van der Waals surface area contributed by atoms with Gasteiger partial charge in [-0.25, -0.2) is 0 Å². The van der Waals surface area contributed by atoms with E-state index in [9.17, 15) is 0 Å². The topological polar surface area (TPSA) is 12.5 Å². The van der Waals surface area contributed by atoms with E-state index in [0.29, 0.717) is 0 Å². The average molecular weight is 187 g/mol. The summed E-state index contributed by atoms with van der Waals surface area (Å²) in [5.74, 6) is 0. The smallest absolute Gasteiger partial charge is 0.0600 e. The third kappa shape index (κ3) is 6.05. The van der Waals surface area contributed by atoms with Crippen molar-refractivity contribution in [1.29, 1.82) is 0 Å². The number of likely N-dealkylation sites (tertiary alicyclic amines) is 1. The predicted octanol–water partition coefficient (Wildman–Crippen LogP) is 2.53. The zero-order chi connectivity index (χ0) is 9.03. The maximum atomic E-state index is 5.65. The molecule has 13 heavy (non-hydrogen) atoms. The van der Waals surface area contributed by atoms with Crippen LogP contribution in [0.3, 0.4) is 0 Å². The van der Waals surface area contributed by atoms with Crippen molar-refractivity contribution in [2.75, 3.05) is 26.2 Å². The second-order valence-corrected chi connectivity index (χ2v) is 4.51. The third-order valence-electron chi connectivity index (χ3n) is 2.14. The fourth-order valence-electron chi connectivity index (χ4n) is 1.49. The van der Waals surface area contributed by atoms with Gasteiger partial charge < -0.3 is 9.64 Å². The second kappa shape index (κ2) is 5.61. The largest absolute Gasteiger partial charge is 0.375 e. The van der Waals surface area contributed by atoms with Crippen LogP contribution < -0.4 is 0 Å². The van der Waals surface area contributed by atoms with E-state index in [2.05, 4.69) is 25.7 Å². The van der Waals surface area contributed by atoms with Crippen molar-refractivity contribution in [3.05, 3.63) is 0 Å². The Bertz CT molecular complexity index is 123. The van der Waals surface area contributed by atoms with Crippen LogP contribution in [-0.4, -0.2) is 36.7 Å². The highest BCUT2D eigenvalue weighted by Gasteiger charge is 2.13. The van der Waals surface area contributed by atoms with Crippen LogP contribution in [0, 0.1) is 0 Å². The summed E-state index contributed by atoms with van der Waals surface area (Å²) < 4.78 is 5.65. The first kappa shape index (κ1) is 12.9. The number of hydrogen-bond donors (Lipinski definition) is 0. The van der Waals surface area contributed by atoms with Gasteiger partial charge in [0.15, 0.2) is 0 Å². The summed E-state index contributed by atoms with van der Waals surface area (Å²) in [4.78, 5) is 2.48. The summed E-state index contributed by atoms with van der Waals surface area (Å²) in [6.45, 7) is 10.9. The zero-order valence-electron chi connectivity index (χ0n) is 8.60. The Kier molecular flexibility index (Phi) is 5.57. The van der Waals surface area contributed by atoms with Gasteiger partial charge in [0.05, 0.1) is 12.2 Å². The number of nitrogens with zero attached hydrogens (tertiary/aromatic N) is 1. The molecule has 1 fully saturated rings. The normalized spacial score (nSPS) is 18.7. The van der Waals surface area contributed by atoms with Crippen LogP contribution in [-0.2, 0) is 4.74 Å². The quantitative estimate of drug-likeness (QED) is 0.673. The molecule has 0 aromatic carbocycles. The molecule has 0 saturated carbocycles. The van der Waals surface area contributed by atoms with Gasteiger partial charge in [0, 0.05) is 6.54 Å². The molecule has 80 valence electrons. The minimum atomic E-state index is 0. The summed E-state index contributed by atoms with van der Waals surface area (Å²) in [5, 5.41) is 0. The van der Waals surface area contributed by atoms with Crippen molar-refractivity contribution >= 4 is 0 Å². The second-order valence-electron chi connectivity index (χ2n) is 4.51. The molecule has 2 heteroatoms. The molecule has 0 aromatic rings. The molecule has 1 rings (SSSR count). The Hall–Kier alpha value is -0.0800. The van der Waals surface area contributed by atoms with Gasteiger partial charge in [0.2, 0.25) is 0 Å². The van der Waals surface area contributed by atoms with Crippen molar-refractivity contribution in [2.45, 2.75) is 46.6 Å². The molecule has 0 bridgehead atoms. The first-order valence-electron chi connectivity index (χ1n) is 4.94. The molecular formula is C11H25NO. The maximum absolute atomic E-state index is 5.65. The Morgan fingerprint density at radius 3 is 2.15 bits per heavy atom. The van der Waals surface area contributed by atoms with Gasteiger partial charge in [0.1, 0.15) is 0 Å². The van der Waals surface area contributed by atoms with Crippen LogP contribution >= 0.6 is 0 Å². The van der Waals surface area contributed by atoms with Gasteiger partial charge in [-0.1, -0.05) is 7.43 Å². The summed E-state index contributed by atoms with van der Waals surface area (Å²) in [6, 6.07) is 0. The van der Waals surface area contributed by atoms with Gasteiger partial charge in [-0.05, 0) is 46.7 Å². The number of hydrogen-bond acceptors (Lipinski definition) is 2. The van der Waals surface area contributed by atoms with Crippen LogP contribution in [0.4, 0.5) is 0 Å². The number of ether oxygens (including phenoxy) is 1.